The van der Waals surface area contributed by atoms with Crippen molar-refractivity contribution in [3.63, 3.8) is 0 Å². The molecule has 2 heterocycles. The molecule has 3 rings (SSSR count). The molecule has 0 aliphatic rings. The lowest BCUT2D eigenvalue weighted by Crippen LogP contribution is -1.90. The Hall–Kier alpha value is -2.90. The second-order valence-electron chi connectivity index (χ2n) is 3.86. The highest BCUT2D eigenvalue weighted by Gasteiger charge is 2.20. The third-order valence-corrected chi connectivity index (χ3v) is 2.74. The Morgan fingerprint density at radius 3 is 2.76 bits per heavy atom. The third-order valence-electron chi connectivity index (χ3n) is 2.74. The summed E-state index contributed by atoms with van der Waals surface area (Å²) in [6.45, 7) is 4.00. The maximum atomic E-state index is 10.9. The van der Waals surface area contributed by atoms with Crippen molar-refractivity contribution in [3.8, 4) is 17.3 Å². The van der Waals surface area contributed by atoms with Gasteiger partial charge in [0.05, 0.1) is 23.1 Å². The topological polar surface area (TPSA) is 110 Å². The van der Waals surface area contributed by atoms with Crippen LogP contribution in [0.3, 0.4) is 0 Å². The van der Waals surface area contributed by atoms with Crippen LogP contribution in [0.15, 0.2) is 24.4 Å². The molecular weight excluding hydrogens is 274 g/mol. The van der Waals surface area contributed by atoms with Crippen LogP contribution in [0.5, 0.6) is 5.75 Å². The monoisotopic (exact) mass is 289 g/mol. The number of nitrogens with one attached hydrogen (secondary N) is 2. The van der Waals surface area contributed by atoms with Crippen LogP contribution in [0.25, 0.3) is 22.6 Å². The van der Waals surface area contributed by atoms with Crippen molar-refractivity contribution in [3.05, 3.63) is 34.5 Å². The Kier molecular flexibility index (Phi) is 4.17. The Morgan fingerprint density at radius 2 is 2.10 bits per heavy atom. The van der Waals surface area contributed by atoms with Crippen molar-refractivity contribution < 1.29 is 9.66 Å². The highest BCUT2D eigenvalue weighted by molar-refractivity contribution is 5.81. The minimum atomic E-state index is -0.507. The number of aromatic nitrogens is 4. The molecule has 0 amide bonds. The van der Waals surface area contributed by atoms with E-state index in [1.807, 2.05) is 13.8 Å². The zero-order valence-corrected chi connectivity index (χ0v) is 11.9. The summed E-state index contributed by atoms with van der Waals surface area (Å²) in [5.74, 6) is 1.05. The largest absolute Gasteiger partial charge is 0.497 e. The zero-order valence-electron chi connectivity index (χ0n) is 11.9. The highest BCUT2D eigenvalue weighted by Crippen LogP contribution is 2.27. The number of ether oxygens (including phenoxy) is 1. The number of fused-ring (bicyclic) bond motifs is 1. The molecule has 0 aliphatic carbocycles. The van der Waals surface area contributed by atoms with E-state index in [1.54, 1.807) is 25.3 Å². The molecule has 0 unspecified atom stereocenters. The lowest BCUT2D eigenvalue weighted by Gasteiger charge is -1.96. The van der Waals surface area contributed by atoms with Gasteiger partial charge in [0.1, 0.15) is 11.9 Å². The van der Waals surface area contributed by atoms with E-state index in [1.165, 1.54) is 0 Å². The number of nitrogens with zero attached hydrogens (tertiary/aromatic N) is 3. The molecule has 8 nitrogen and oxygen atoms in total. The average molecular weight is 289 g/mol. The predicted octanol–water partition coefficient (Wildman–Crippen LogP) is 2.90. The van der Waals surface area contributed by atoms with E-state index in [0.717, 1.165) is 11.7 Å². The van der Waals surface area contributed by atoms with Crippen molar-refractivity contribution >= 4 is 16.7 Å². The van der Waals surface area contributed by atoms with Crippen LogP contribution in [0.1, 0.15) is 13.8 Å². The fourth-order valence-corrected chi connectivity index (χ4v) is 1.83. The van der Waals surface area contributed by atoms with Gasteiger partial charge in [-0.15, -0.1) is 0 Å². The molecule has 0 saturated heterocycles. The van der Waals surface area contributed by atoms with Crippen molar-refractivity contribution in [1.29, 1.82) is 0 Å². The number of hydrogen-bond acceptors (Lipinski definition) is 5. The van der Waals surface area contributed by atoms with E-state index in [2.05, 4.69) is 20.2 Å². The van der Waals surface area contributed by atoms with Crippen LogP contribution in [0.4, 0.5) is 5.69 Å². The standard InChI is InChI=1S/C11H9N5O3.C2H6/c1-19-6-2-3-7-8(4-6)14-11(13-7)10-9(16(17)18)5-12-15-10;1-2/h2-5H,1H3,(H,12,15)(H,13,14);1-2H3. The number of aromatic amines is 2. The molecule has 8 heteroatoms. The van der Waals surface area contributed by atoms with Gasteiger partial charge in [-0.25, -0.2) is 4.98 Å². The number of H-pyrrole nitrogens is 2. The fraction of sp³-hybridized carbons (Fsp3) is 0.231. The van der Waals surface area contributed by atoms with Crippen LogP contribution >= 0.6 is 0 Å². The van der Waals surface area contributed by atoms with Crippen LogP contribution in [-0.2, 0) is 0 Å². The van der Waals surface area contributed by atoms with E-state index in [-0.39, 0.29) is 11.4 Å². The molecule has 2 aromatic heterocycles. The van der Waals surface area contributed by atoms with Crippen molar-refractivity contribution in [2.45, 2.75) is 13.8 Å². The van der Waals surface area contributed by atoms with Gasteiger partial charge in [-0.1, -0.05) is 13.8 Å². The van der Waals surface area contributed by atoms with Gasteiger partial charge in [0, 0.05) is 6.07 Å². The highest BCUT2D eigenvalue weighted by atomic mass is 16.6. The Labute approximate surface area is 120 Å². The maximum Gasteiger partial charge on any atom is 0.317 e. The number of nitro groups is 1. The summed E-state index contributed by atoms with van der Waals surface area (Å²) >= 11 is 0. The molecule has 0 saturated carbocycles. The number of methoxy groups -OCH3 is 1. The van der Waals surface area contributed by atoms with Crippen molar-refractivity contribution in [1.82, 2.24) is 20.2 Å². The van der Waals surface area contributed by atoms with E-state index < -0.39 is 4.92 Å². The Bertz CT molecular complexity index is 762. The van der Waals surface area contributed by atoms with Crippen LogP contribution in [0.2, 0.25) is 0 Å². The first-order valence-corrected chi connectivity index (χ1v) is 6.41. The van der Waals surface area contributed by atoms with E-state index in [0.29, 0.717) is 17.1 Å². The van der Waals surface area contributed by atoms with Gasteiger partial charge in [-0.2, -0.15) is 5.10 Å². The average Bonchev–Trinajstić information content (AvgIpc) is 3.14. The molecule has 1 aromatic carbocycles. The van der Waals surface area contributed by atoms with E-state index in [4.69, 9.17) is 4.74 Å². The van der Waals surface area contributed by atoms with Crippen LogP contribution in [-0.4, -0.2) is 32.2 Å². The summed E-state index contributed by atoms with van der Waals surface area (Å²) < 4.78 is 5.11. The molecule has 0 aliphatic heterocycles. The maximum absolute atomic E-state index is 10.9. The smallest absolute Gasteiger partial charge is 0.317 e. The van der Waals surface area contributed by atoms with Crippen molar-refractivity contribution in [2.75, 3.05) is 7.11 Å². The normalized spacial score (nSPS) is 10.0. The first-order valence-electron chi connectivity index (χ1n) is 6.41. The molecule has 0 fully saturated rings. The summed E-state index contributed by atoms with van der Waals surface area (Å²) in [5.41, 5.74) is 1.56. The SMILES string of the molecule is CC.COc1ccc2nc(-c3[nH]ncc3[N+](=O)[O-])[nH]c2c1. The number of imidazole rings is 1. The Balaban J connectivity index is 0.000000774. The second-order valence-corrected chi connectivity index (χ2v) is 3.86. The lowest BCUT2D eigenvalue weighted by molar-refractivity contribution is -0.384. The van der Waals surface area contributed by atoms with Gasteiger partial charge in [0.25, 0.3) is 0 Å². The summed E-state index contributed by atoms with van der Waals surface area (Å²) in [6.07, 6.45) is 1.16. The second kappa shape index (κ2) is 6.04. The van der Waals surface area contributed by atoms with E-state index in [9.17, 15) is 10.1 Å². The van der Waals surface area contributed by atoms with Gasteiger partial charge in [0.2, 0.25) is 0 Å². The van der Waals surface area contributed by atoms with Crippen LogP contribution in [0, 0.1) is 10.1 Å². The molecule has 0 radical (unpaired) electrons. The molecule has 2 N–H and O–H groups in total. The predicted molar refractivity (Wildman–Crippen MR) is 78.2 cm³/mol. The van der Waals surface area contributed by atoms with Crippen LogP contribution < -0.4 is 4.74 Å². The van der Waals surface area contributed by atoms with Gasteiger partial charge in [-0.05, 0) is 12.1 Å². The first-order chi connectivity index (χ1) is 10.2. The molecule has 110 valence electrons. The quantitative estimate of drug-likeness (QED) is 0.569. The lowest BCUT2D eigenvalue weighted by atomic mass is 10.3. The summed E-state index contributed by atoms with van der Waals surface area (Å²) in [5, 5.41) is 17.1. The molecule has 0 spiro atoms. The molecule has 21 heavy (non-hydrogen) atoms. The minimum absolute atomic E-state index is 0.119. The van der Waals surface area contributed by atoms with Gasteiger partial charge in [0.15, 0.2) is 11.5 Å². The molecular formula is C13H15N5O3. The number of benzene rings is 1. The Morgan fingerprint density at radius 1 is 1.33 bits per heavy atom. The summed E-state index contributed by atoms with van der Waals surface area (Å²) in [6, 6.07) is 5.32. The zero-order chi connectivity index (χ0) is 15.4. The number of rotatable bonds is 3. The third kappa shape index (κ3) is 2.69. The minimum Gasteiger partial charge on any atom is -0.497 e. The first kappa shape index (κ1) is 14.5. The fourth-order valence-electron chi connectivity index (χ4n) is 1.83. The van der Waals surface area contributed by atoms with Crippen molar-refractivity contribution in [2.24, 2.45) is 0 Å². The summed E-state index contributed by atoms with van der Waals surface area (Å²) in [4.78, 5) is 17.6. The van der Waals surface area contributed by atoms with Gasteiger partial charge in [-0.3, -0.25) is 15.2 Å². The molecule has 0 bridgehead atoms. The van der Waals surface area contributed by atoms with E-state index >= 15 is 0 Å². The van der Waals surface area contributed by atoms with Gasteiger partial charge < -0.3 is 9.72 Å². The summed E-state index contributed by atoms with van der Waals surface area (Å²) in [7, 11) is 1.57. The van der Waals surface area contributed by atoms with Gasteiger partial charge >= 0.3 is 5.69 Å². The number of hydrogen-bond donors (Lipinski definition) is 2. The molecule has 0 atom stereocenters. The molecule has 3 aromatic rings.